The first-order valence-corrected chi connectivity index (χ1v) is 8.90. The summed E-state index contributed by atoms with van der Waals surface area (Å²) in [6.45, 7) is 6.81. The van der Waals surface area contributed by atoms with Gasteiger partial charge in [0, 0.05) is 17.2 Å². The molecule has 0 unspecified atom stereocenters. The Morgan fingerprint density at radius 2 is 1.73 bits per heavy atom. The summed E-state index contributed by atoms with van der Waals surface area (Å²) < 4.78 is 16.7. The topological polar surface area (TPSA) is 56.8 Å². The molecule has 5 nitrogen and oxygen atoms in total. The average molecular weight is 357 g/mol. The minimum Gasteiger partial charge on any atom is -0.497 e. The van der Waals surface area contributed by atoms with Gasteiger partial charge in [0.25, 0.3) is 5.91 Å². The lowest BCUT2D eigenvalue weighted by atomic mass is 10.1. The zero-order chi connectivity index (χ0) is 18.9. The van der Waals surface area contributed by atoms with Gasteiger partial charge in [0.15, 0.2) is 0 Å². The number of hydrogen-bond acceptors (Lipinski definition) is 4. The van der Waals surface area contributed by atoms with Gasteiger partial charge in [-0.1, -0.05) is 6.92 Å². The maximum Gasteiger partial charge on any atom is 0.251 e. The van der Waals surface area contributed by atoms with E-state index in [9.17, 15) is 4.79 Å². The zero-order valence-corrected chi connectivity index (χ0v) is 15.9. The molecule has 0 aliphatic carbocycles. The van der Waals surface area contributed by atoms with Crippen LogP contribution < -0.4 is 19.5 Å². The summed E-state index contributed by atoms with van der Waals surface area (Å²) in [6, 6.07) is 12.9. The molecule has 0 radical (unpaired) electrons. The van der Waals surface area contributed by atoms with Crippen LogP contribution in [0.5, 0.6) is 17.2 Å². The summed E-state index contributed by atoms with van der Waals surface area (Å²) in [5.41, 5.74) is 1.43. The first kappa shape index (κ1) is 19.6. The first-order valence-electron chi connectivity index (χ1n) is 8.90. The minimum absolute atomic E-state index is 0.0897. The molecule has 0 fully saturated rings. The van der Waals surface area contributed by atoms with Crippen molar-refractivity contribution in [3.63, 3.8) is 0 Å². The van der Waals surface area contributed by atoms with Crippen molar-refractivity contribution in [2.24, 2.45) is 0 Å². The van der Waals surface area contributed by atoms with E-state index in [1.807, 2.05) is 57.2 Å². The summed E-state index contributed by atoms with van der Waals surface area (Å²) in [4.78, 5) is 12.4. The van der Waals surface area contributed by atoms with E-state index in [2.05, 4.69) is 5.32 Å². The number of ether oxygens (including phenoxy) is 3. The van der Waals surface area contributed by atoms with Crippen molar-refractivity contribution in [3.8, 4) is 17.2 Å². The van der Waals surface area contributed by atoms with Crippen LogP contribution in [0.4, 0.5) is 0 Å². The summed E-state index contributed by atoms with van der Waals surface area (Å²) >= 11 is 0. The third-order valence-electron chi connectivity index (χ3n) is 4.07. The predicted molar refractivity (Wildman–Crippen MR) is 102 cm³/mol. The van der Waals surface area contributed by atoms with Crippen molar-refractivity contribution in [1.29, 1.82) is 0 Å². The fourth-order valence-corrected chi connectivity index (χ4v) is 2.37. The van der Waals surface area contributed by atoms with E-state index < -0.39 is 0 Å². The van der Waals surface area contributed by atoms with E-state index in [0.717, 1.165) is 29.2 Å². The molecule has 5 heteroatoms. The number of carbonyl (C=O) groups excluding carboxylic acids is 1. The van der Waals surface area contributed by atoms with Crippen molar-refractivity contribution in [3.05, 3.63) is 53.6 Å². The highest BCUT2D eigenvalue weighted by Crippen LogP contribution is 2.24. The van der Waals surface area contributed by atoms with Gasteiger partial charge < -0.3 is 19.5 Å². The largest absolute Gasteiger partial charge is 0.497 e. The molecular formula is C21H27NO4. The second-order valence-electron chi connectivity index (χ2n) is 6.00. The minimum atomic E-state index is -0.0897. The predicted octanol–water partition coefficient (Wildman–Crippen LogP) is 4.20. The second kappa shape index (κ2) is 9.70. The van der Waals surface area contributed by atoms with Crippen LogP contribution in [-0.4, -0.2) is 25.7 Å². The molecule has 2 aromatic carbocycles. The van der Waals surface area contributed by atoms with Crippen molar-refractivity contribution >= 4 is 5.91 Å². The highest BCUT2D eigenvalue weighted by atomic mass is 16.5. The summed E-state index contributed by atoms with van der Waals surface area (Å²) in [5.74, 6) is 2.13. The van der Waals surface area contributed by atoms with Gasteiger partial charge in [-0.15, -0.1) is 0 Å². The molecule has 2 aromatic rings. The van der Waals surface area contributed by atoms with E-state index in [4.69, 9.17) is 14.2 Å². The molecule has 2 rings (SSSR count). The quantitative estimate of drug-likeness (QED) is 0.731. The monoisotopic (exact) mass is 357 g/mol. The van der Waals surface area contributed by atoms with Crippen molar-refractivity contribution in [2.75, 3.05) is 13.7 Å². The Kier molecular flexibility index (Phi) is 7.33. The standard InChI is InChI=1S/C21H27NO4/c1-5-15(3)22-21(23)16-7-12-20(25-6-2)17(13-16)14-26-19-10-8-18(24-4)9-11-19/h7-13,15H,5-6,14H2,1-4H3,(H,22,23)/t15-/m0/s1. The lowest BCUT2D eigenvalue weighted by Gasteiger charge is -2.15. The highest BCUT2D eigenvalue weighted by molar-refractivity contribution is 5.94. The molecule has 140 valence electrons. The Balaban J connectivity index is 2.14. The fraction of sp³-hybridized carbons (Fsp3) is 0.381. The van der Waals surface area contributed by atoms with Crippen molar-refractivity contribution in [1.82, 2.24) is 5.32 Å². The lowest BCUT2D eigenvalue weighted by Crippen LogP contribution is -2.32. The molecule has 1 N–H and O–H groups in total. The van der Waals surface area contributed by atoms with Gasteiger partial charge in [-0.3, -0.25) is 4.79 Å². The van der Waals surface area contributed by atoms with Gasteiger partial charge in [-0.05, 0) is 62.7 Å². The van der Waals surface area contributed by atoms with Crippen LogP contribution in [-0.2, 0) is 6.61 Å². The summed E-state index contributed by atoms with van der Waals surface area (Å²) in [7, 11) is 1.63. The maximum absolute atomic E-state index is 12.4. The number of hydrogen-bond donors (Lipinski definition) is 1. The Hall–Kier alpha value is -2.69. The van der Waals surface area contributed by atoms with Gasteiger partial charge in [0.1, 0.15) is 23.9 Å². The average Bonchev–Trinajstić information content (AvgIpc) is 2.67. The number of rotatable bonds is 9. The molecule has 0 bridgehead atoms. The Morgan fingerprint density at radius 3 is 2.35 bits per heavy atom. The number of carbonyl (C=O) groups is 1. The Labute approximate surface area is 155 Å². The van der Waals surface area contributed by atoms with Gasteiger partial charge >= 0.3 is 0 Å². The van der Waals surface area contributed by atoms with Crippen LogP contribution in [0, 0.1) is 0 Å². The Morgan fingerprint density at radius 1 is 1.04 bits per heavy atom. The molecule has 0 aliphatic rings. The molecule has 0 aliphatic heterocycles. The van der Waals surface area contributed by atoms with Gasteiger partial charge in [-0.2, -0.15) is 0 Å². The molecular weight excluding hydrogens is 330 g/mol. The van der Waals surface area contributed by atoms with Gasteiger partial charge in [0.2, 0.25) is 0 Å². The van der Waals surface area contributed by atoms with E-state index in [1.54, 1.807) is 13.2 Å². The van der Waals surface area contributed by atoms with Crippen LogP contribution in [0.2, 0.25) is 0 Å². The normalized spacial score (nSPS) is 11.5. The molecule has 1 atom stereocenters. The number of nitrogens with one attached hydrogen (secondary N) is 1. The number of methoxy groups -OCH3 is 1. The van der Waals surface area contributed by atoms with E-state index >= 15 is 0 Å². The SMILES string of the molecule is CCOc1ccc(C(=O)N[C@@H](C)CC)cc1COc1ccc(OC)cc1. The molecule has 0 heterocycles. The molecule has 0 saturated carbocycles. The highest BCUT2D eigenvalue weighted by Gasteiger charge is 2.13. The number of amides is 1. The maximum atomic E-state index is 12.4. The molecule has 0 spiro atoms. The van der Waals surface area contributed by atoms with Crippen molar-refractivity contribution in [2.45, 2.75) is 39.8 Å². The summed E-state index contributed by atoms with van der Waals surface area (Å²) in [5, 5.41) is 2.98. The van der Waals surface area contributed by atoms with Crippen LogP contribution >= 0.6 is 0 Å². The van der Waals surface area contributed by atoms with Gasteiger partial charge in [0.05, 0.1) is 13.7 Å². The third-order valence-corrected chi connectivity index (χ3v) is 4.07. The molecule has 0 saturated heterocycles. The fourth-order valence-electron chi connectivity index (χ4n) is 2.37. The van der Waals surface area contributed by atoms with E-state index in [-0.39, 0.29) is 11.9 Å². The first-order chi connectivity index (χ1) is 12.6. The lowest BCUT2D eigenvalue weighted by molar-refractivity contribution is 0.0939. The van der Waals surface area contributed by atoms with E-state index in [0.29, 0.717) is 18.8 Å². The zero-order valence-electron chi connectivity index (χ0n) is 15.9. The third kappa shape index (κ3) is 5.41. The summed E-state index contributed by atoms with van der Waals surface area (Å²) in [6.07, 6.45) is 0.885. The van der Waals surface area contributed by atoms with Crippen LogP contribution in [0.3, 0.4) is 0 Å². The Bertz CT molecular complexity index is 712. The van der Waals surface area contributed by atoms with Crippen molar-refractivity contribution < 1.29 is 19.0 Å². The molecule has 0 aromatic heterocycles. The number of benzene rings is 2. The van der Waals surface area contributed by atoms with Crippen LogP contribution in [0.15, 0.2) is 42.5 Å². The molecule has 1 amide bonds. The second-order valence-corrected chi connectivity index (χ2v) is 6.00. The smallest absolute Gasteiger partial charge is 0.251 e. The van der Waals surface area contributed by atoms with Gasteiger partial charge in [-0.25, -0.2) is 0 Å². The van der Waals surface area contributed by atoms with E-state index in [1.165, 1.54) is 0 Å². The molecule has 26 heavy (non-hydrogen) atoms. The van der Waals surface area contributed by atoms with Crippen LogP contribution in [0.25, 0.3) is 0 Å². The van der Waals surface area contributed by atoms with Crippen LogP contribution in [0.1, 0.15) is 43.1 Å².